The highest BCUT2D eigenvalue weighted by atomic mass is 16.4. The molecule has 3 aromatic rings. The zero-order valence-electron chi connectivity index (χ0n) is 40.2. The summed E-state index contributed by atoms with van der Waals surface area (Å²) in [4.78, 5) is 123. The zero-order chi connectivity index (χ0) is 54.9. The molecule has 27 heteroatoms. The highest BCUT2D eigenvalue weighted by molar-refractivity contribution is 5.98. The zero-order valence-corrected chi connectivity index (χ0v) is 40.2. The van der Waals surface area contributed by atoms with Crippen LogP contribution in [0.1, 0.15) is 36.5 Å². The number of phenols is 2. The predicted octanol–water partition coefficient (Wildman–Crippen LogP) is -5.90. The van der Waals surface area contributed by atoms with Crippen molar-refractivity contribution in [2.45, 2.75) is 87.4 Å². The number of amides is 8. The Morgan fingerprint density at radius 3 is 1.49 bits per heavy atom. The van der Waals surface area contributed by atoms with Gasteiger partial charge in [0.05, 0.1) is 32.4 Å². The fourth-order valence-electron chi connectivity index (χ4n) is 6.89. The number of carboxylic acids is 1. The first-order chi connectivity index (χ1) is 35.1. The van der Waals surface area contributed by atoms with Gasteiger partial charge in [-0.2, -0.15) is 0 Å². The number of carbonyl (C=O) groups is 9. The van der Waals surface area contributed by atoms with E-state index in [1.54, 1.807) is 30.3 Å². The maximum atomic E-state index is 14.3. The number of phenolic OH excluding ortho intramolecular Hbond substituents is 2. The number of hydrogen-bond donors (Lipinski definition) is 17. The fourth-order valence-corrected chi connectivity index (χ4v) is 6.89. The Hall–Kier alpha value is -8.40. The lowest BCUT2D eigenvalue weighted by atomic mass is 10.0. The van der Waals surface area contributed by atoms with Crippen molar-refractivity contribution in [3.05, 3.63) is 95.6 Å². The molecule has 0 radical (unpaired) electrons. The number of aliphatic hydroxyl groups excluding tert-OH is 3. The second-order valence-corrected chi connectivity index (χ2v) is 16.7. The van der Waals surface area contributed by atoms with Gasteiger partial charge in [0.2, 0.25) is 47.3 Å². The average molecular weight is 1040 g/mol. The summed E-state index contributed by atoms with van der Waals surface area (Å²) in [6.07, 6.45) is -2.52. The van der Waals surface area contributed by atoms with E-state index < -0.39 is 128 Å². The van der Waals surface area contributed by atoms with Crippen molar-refractivity contribution < 1.29 is 73.8 Å². The minimum Gasteiger partial charge on any atom is -0.508 e. The van der Waals surface area contributed by atoms with Gasteiger partial charge in [0.15, 0.2) is 5.96 Å². The number of nitrogens with zero attached hydrogens (tertiary/aromatic N) is 1. The van der Waals surface area contributed by atoms with Crippen molar-refractivity contribution in [1.29, 1.82) is 0 Å². The quantitative estimate of drug-likeness (QED) is 0.0168. The van der Waals surface area contributed by atoms with E-state index in [0.29, 0.717) is 16.7 Å². The minimum atomic E-state index is -1.85. The van der Waals surface area contributed by atoms with Crippen LogP contribution < -0.4 is 59.7 Å². The summed E-state index contributed by atoms with van der Waals surface area (Å²) < 4.78 is 0. The molecule has 0 spiro atoms. The third-order valence-electron chi connectivity index (χ3n) is 10.8. The number of nitrogens with one attached hydrogen (secondary N) is 8. The number of aliphatic hydroxyl groups is 3. The molecule has 0 saturated carbocycles. The van der Waals surface area contributed by atoms with E-state index in [-0.39, 0.29) is 56.1 Å². The van der Waals surface area contributed by atoms with Crippen molar-refractivity contribution in [1.82, 2.24) is 42.5 Å². The lowest BCUT2D eigenvalue weighted by Gasteiger charge is -2.28. The van der Waals surface area contributed by atoms with E-state index in [4.69, 9.17) is 17.2 Å². The van der Waals surface area contributed by atoms with E-state index in [2.05, 4.69) is 47.5 Å². The number of aliphatic imine (C=N–C) groups is 1. The van der Waals surface area contributed by atoms with Crippen LogP contribution in [0.2, 0.25) is 0 Å². The molecule has 0 aromatic heterocycles. The van der Waals surface area contributed by atoms with Crippen LogP contribution in [0.4, 0.5) is 0 Å². The van der Waals surface area contributed by atoms with Crippen molar-refractivity contribution in [2.24, 2.45) is 22.2 Å². The van der Waals surface area contributed by atoms with E-state index >= 15 is 0 Å². The number of aliphatic carboxylic acids is 1. The average Bonchev–Trinajstić information content (AvgIpc) is 3.36. The van der Waals surface area contributed by atoms with Gasteiger partial charge in [-0.05, 0) is 60.7 Å². The highest BCUT2D eigenvalue weighted by Crippen LogP contribution is 2.14. The van der Waals surface area contributed by atoms with Gasteiger partial charge < -0.3 is 90.4 Å². The number of hydrogen-bond acceptors (Lipinski definition) is 16. The molecule has 0 aliphatic carbocycles. The molecule has 20 N–H and O–H groups in total. The normalized spacial score (nSPS) is 14.1. The first-order valence-electron chi connectivity index (χ1n) is 23.0. The lowest BCUT2D eigenvalue weighted by molar-refractivity contribution is -0.142. The number of carboxylic acid groups (broad SMARTS) is 1. The summed E-state index contributed by atoms with van der Waals surface area (Å²) in [6, 6.07) is 8.05. The molecule has 3 aromatic carbocycles. The van der Waals surface area contributed by atoms with Gasteiger partial charge in [-0.25, -0.2) is 4.79 Å². The van der Waals surface area contributed by atoms with E-state index in [9.17, 15) is 73.8 Å². The fraction of sp³-hybridized carbons (Fsp3) is 0.404. The molecule has 0 aliphatic heterocycles. The van der Waals surface area contributed by atoms with Crippen LogP contribution in [0.15, 0.2) is 83.9 Å². The van der Waals surface area contributed by atoms with Crippen LogP contribution in [-0.2, 0) is 62.4 Å². The molecule has 3 rings (SSSR count). The number of benzene rings is 3. The molecular weight excluding hydrogens is 973 g/mol. The van der Waals surface area contributed by atoms with Crippen LogP contribution in [0.3, 0.4) is 0 Å². The molecular formula is C47H64N12O15. The van der Waals surface area contributed by atoms with Gasteiger partial charge >= 0.3 is 5.97 Å². The molecule has 8 amide bonds. The predicted molar refractivity (Wildman–Crippen MR) is 263 cm³/mol. The van der Waals surface area contributed by atoms with E-state index in [1.807, 2.05) is 0 Å². The summed E-state index contributed by atoms with van der Waals surface area (Å²) in [5.74, 6) is -9.88. The van der Waals surface area contributed by atoms with Crippen molar-refractivity contribution in [3.8, 4) is 11.5 Å². The molecule has 8 atom stereocenters. The number of carbonyl (C=O) groups excluding carboxylic acids is 8. The lowest BCUT2D eigenvalue weighted by Crippen LogP contribution is -2.62. The molecule has 0 saturated heterocycles. The number of rotatable bonds is 30. The van der Waals surface area contributed by atoms with Gasteiger partial charge in [0.25, 0.3) is 0 Å². The maximum absolute atomic E-state index is 14.3. The molecule has 0 heterocycles. The molecule has 0 aliphatic rings. The van der Waals surface area contributed by atoms with Crippen molar-refractivity contribution in [3.63, 3.8) is 0 Å². The Bertz CT molecular complexity index is 2410. The maximum Gasteiger partial charge on any atom is 0.326 e. The second-order valence-electron chi connectivity index (χ2n) is 16.7. The van der Waals surface area contributed by atoms with Crippen LogP contribution in [-0.4, -0.2) is 171 Å². The Balaban J connectivity index is 1.89. The Morgan fingerprint density at radius 2 is 0.973 bits per heavy atom. The molecule has 0 bridgehead atoms. The van der Waals surface area contributed by atoms with E-state index in [1.165, 1.54) is 48.5 Å². The summed E-state index contributed by atoms with van der Waals surface area (Å²) in [5.41, 5.74) is 17.6. The van der Waals surface area contributed by atoms with Crippen molar-refractivity contribution in [2.75, 3.05) is 32.8 Å². The summed E-state index contributed by atoms with van der Waals surface area (Å²) >= 11 is 0. The standard InChI is InChI=1S/C47H64N12O15/c1-25(62)39(45(72)58-36(24-61)44(71)57-34(46(73)74)20-28-11-15-30(64)16-12-28)59-43(70)33(18-26-6-3-2-4-7-26)56-41(68)31(8-5-17-51-47(49)50)55-42(69)32(19-27-9-13-29(63)14-10-27)53-38(66)22-52-40(67)35(23-60)54-37(65)21-48/h2-4,6-7,9-16,25,31-36,39,60-64H,5,8,17-24,48H2,1H3,(H,52,67)(H,53,66)(H,54,65)(H,55,69)(H,56,68)(H,57,71)(H,58,72)(H,59,70)(H,73,74)(H4,49,50,51)/t25-,31+,32+,33+,34+,35+,36+,39+/m1/s1. The number of nitrogens with two attached hydrogens (primary N) is 3. The summed E-state index contributed by atoms with van der Waals surface area (Å²) in [7, 11) is 0. The first-order valence-corrected chi connectivity index (χ1v) is 23.0. The number of aromatic hydroxyl groups is 2. The third-order valence-corrected chi connectivity index (χ3v) is 10.8. The van der Waals surface area contributed by atoms with E-state index in [0.717, 1.165) is 6.92 Å². The topological polar surface area (TPSA) is 462 Å². The minimum absolute atomic E-state index is 0.0305. The summed E-state index contributed by atoms with van der Waals surface area (Å²) in [5, 5.41) is 78.4. The molecule has 74 heavy (non-hydrogen) atoms. The van der Waals surface area contributed by atoms with Crippen LogP contribution >= 0.6 is 0 Å². The summed E-state index contributed by atoms with van der Waals surface area (Å²) in [6.45, 7) is -2.04. The largest absolute Gasteiger partial charge is 0.508 e. The number of guanidine groups is 1. The SMILES string of the molecule is C[C@@H](O)[C@H](NC(=O)[C@H](Cc1ccccc1)NC(=O)[C@H](CCCN=C(N)N)NC(=O)[C@H](Cc1ccc(O)cc1)NC(=O)CNC(=O)[C@H](CO)NC(=O)CN)C(=O)N[C@@H](CO)C(=O)N[C@@H](Cc1ccc(O)cc1)C(=O)O. The molecule has 0 unspecified atom stereocenters. The third kappa shape index (κ3) is 20.7. The van der Waals surface area contributed by atoms with Gasteiger partial charge in [-0.3, -0.25) is 43.3 Å². The highest BCUT2D eigenvalue weighted by Gasteiger charge is 2.35. The smallest absolute Gasteiger partial charge is 0.326 e. The van der Waals surface area contributed by atoms with Gasteiger partial charge in [0, 0.05) is 25.8 Å². The van der Waals surface area contributed by atoms with Crippen LogP contribution in [0.25, 0.3) is 0 Å². The van der Waals surface area contributed by atoms with Crippen LogP contribution in [0, 0.1) is 0 Å². The Kier molecular flexibility index (Phi) is 24.7. The van der Waals surface area contributed by atoms with Gasteiger partial charge in [-0.15, -0.1) is 0 Å². The Morgan fingerprint density at radius 1 is 0.541 bits per heavy atom. The Labute approximate surface area is 424 Å². The van der Waals surface area contributed by atoms with Gasteiger partial charge in [0.1, 0.15) is 53.8 Å². The van der Waals surface area contributed by atoms with Crippen LogP contribution in [0.5, 0.6) is 11.5 Å². The molecule has 402 valence electrons. The van der Waals surface area contributed by atoms with Crippen molar-refractivity contribution >= 4 is 59.2 Å². The van der Waals surface area contributed by atoms with Gasteiger partial charge in [-0.1, -0.05) is 54.6 Å². The first kappa shape index (κ1) is 59.9. The molecule has 27 nitrogen and oxygen atoms in total. The second kappa shape index (κ2) is 30.5. The monoisotopic (exact) mass is 1040 g/mol. The molecule has 0 fully saturated rings.